The fourth-order valence-corrected chi connectivity index (χ4v) is 3.43. The van der Waals surface area contributed by atoms with Crippen LogP contribution in [0.1, 0.15) is 20.9 Å². The van der Waals surface area contributed by atoms with Crippen LogP contribution < -0.4 is 5.32 Å². The van der Waals surface area contributed by atoms with Gasteiger partial charge in [0.05, 0.1) is 9.75 Å². The van der Waals surface area contributed by atoms with E-state index in [0.717, 1.165) is 22.1 Å². The molecule has 0 aliphatic rings. The number of aryl methyl sites for hydroxylation is 1. The summed E-state index contributed by atoms with van der Waals surface area (Å²) in [6.45, 7) is 0.245. The fraction of sp³-hybridized carbons (Fsp3) is 0.222. The number of carbonyl (C=O) groups is 1. The molecule has 142 valence electrons. The Morgan fingerprint density at radius 1 is 1.22 bits per heavy atom. The summed E-state index contributed by atoms with van der Waals surface area (Å²) in [7, 11) is 1.22. The monoisotopic (exact) mass is 397 g/mol. The number of nitrogens with zero attached hydrogens (tertiary/aromatic N) is 2. The predicted octanol–water partition coefficient (Wildman–Crippen LogP) is 4.28. The van der Waals surface area contributed by atoms with E-state index in [1.807, 2.05) is 0 Å². The number of alkyl halides is 3. The van der Waals surface area contributed by atoms with E-state index in [-0.39, 0.29) is 24.0 Å². The van der Waals surface area contributed by atoms with Gasteiger partial charge >= 0.3 is 6.18 Å². The number of benzene rings is 1. The second kappa shape index (κ2) is 7.51. The average Bonchev–Trinajstić information content (AvgIpc) is 3.22. The Balaban J connectivity index is 1.65. The third-order valence-electron chi connectivity index (χ3n) is 3.89. The molecule has 4 nitrogen and oxygen atoms in total. The molecule has 0 radical (unpaired) electrons. The van der Waals surface area contributed by atoms with Gasteiger partial charge in [-0.1, -0.05) is 18.2 Å². The molecule has 0 saturated carbocycles. The number of thiophene rings is 1. The minimum absolute atomic E-state index is 0.153. The molecule has 0 spiro atoms. The molecule has 1 amide bonds. The van der Waals surface area contributed by atoms with E-state index in [1.165, 1.54) is 19.2 Å². The van der Waals surface area contributed by atoms with Crippen molar-refractivity contribution in [2.45, 2.75) is 12.6 Å². The number of aromatic nitrogens is 2. The van der Waals surface area contributed by atoms with Gasteiger partial charge in [0.25, 0.3) is 5.91 Å². The third-order valence-corrected chi connectivity index (χ3v) is 5.00. The molecule has 0 bridgehead atoms. The van der Waals surface area contributed by atoms with Gasteiger partial charge in [-0.05, 0) is 36.2 Å². The van der Waals surface area contributed by atoms with Crippen LogP contribution in [-0.2, 0) is 19.6 Å². The number of hydrogen-bond donors (Lipinski definition) is 1. The van der Waals surface area contributed by atoms with Gasteiger partial charge in [-0.15, -0.1) is 11.3 Å². The number of amides is 1. The van der Waals surface area contributed by atoms with Crippen LogP contribution in [0.4, 0.5) is 17.6 Å². The number of carbonyl (C=O) groups excluding carboxylic acids is 1. The van der Waals surface area contributed by atoms with Crippen molar-refractivity contribution >= 4 is 17.2 Å². The average molecular weight is 397 g/mol. The molecule has 1 N–H and O–H groups in total. The van der Waals surface area contributed by atoms with E-state index < -0.39 is 11.9 Å². The third kappa shape index (κ3) is 4.36. The van der Waals surface area contributed by atoms with Crippen molar-refractivity contribution in [3.8, 4) is 10.6 Å². The Bertz CT molecular complexity index is 962. The molecule has 0 aliphatic carbocycles. The summed E-state index contributed by atoms with van der Waals surface area (Å²) in [6.07, 6.45) is -4.16. The first-order valence-corrected chi connectivity index (χ1v) is 8.80. The molecule has 1 aromatic carbocycles. The molecule has 0 fully saturated rings. The zero-order valence-corrected chi connectivity index (χ0v) is 15.0. The van der Waals surface area contributed by atoms with Gasteiger partial charge in [0.15, 0.2) is 0 Å². The van der Waals surface area contributed by atoms with E-state index >= 15 is 0 Å². The van der Waals surface area contributed by atoms with Crippen molar-refractivity contribution in [1.29, 1.82) is 0 Å². The minimum Gasteiger partial charge on any atom is -0.351 e. The predicted molar refractivity (Wildman–Crippen MR) is 94.0 cm³/mol. The van der Waals surface area contributed by atoms with Gasteiger partial charge in [-0.25, -0.2) is 4.39 Å². The molecule has 0 unspecified atom stereocenters. The smallest absolute Gasteiger partial charge is 0.351 e. The highest BCUT2D eigenvalue weighted by Gasteiger charge is 2.35. The Morgan fingerprint density at radius 2 is 1.96 bits per heavy atom. The highest BCUT2D eigenvalue weighted by molar-refractivity contribution is 7.17. The van der Waals surface area contributed by atoms with Gasteiger partial charge in [-0.3, -0.25) is 9.48 Å². The first-order valence-electron chi connectivity index (χ1n) is 7.99. The zero-order chi connectivity index (χ0) is 19.6. The van der Waals surface area contributed by atoms with Crippen LogP contribution in [0.25, 0.3) is 10.6 Å². The molecule has 0 aliphatic heterocycles. The normalized spacial score (nSPS) is 11.6. The van der Waals surface area contributed by atoms with Crippen LogP contribution in [0.15, 0.2) is 42.5 Å². The summed E-state index contributed by atoms with van der Waals surface area (Å²) in [5, 5.41) is 6.54. The van der Waals surface area contributed by atoms with Gasteiger partial charge in [0.1, 0.15) is 17.2 Å². The summed E-state index contributed by atoms with van der Waals surface area (Å²) in [4.78, 5) is 13.0. The summed E-state index contributed by atoms with van der Waals surface area (Å²) >= 11 is 1.05. The van der Waals surface area contributed by atoms with Crippen molar-refractivity contribution in [1.82, 2.24) is 15.1 Å². The number of nitrogens with one attached hydrogen (secondary N) is 1. The molecule has 2 heterocycles. The standard InChI is InChI=1S/C18H15F4N3OS/c1-25-16(18(20,21)22)10-13(24-25)14-6-7-15(27-14)17(26)23-9-8-11-4-2-3-5-12(11)19/h2-7,10H,8-9H2,1H3,(H,23,26). The van der Waals surface area contributed by atoms with Crippen LogP contribution >= 0.6 is 11.3 Å². The maximum atomic E-state index is 13.5. The molecular weight excluding hydrogens is 382 g/mol. The van der Waals surface area contributed by atoms with Crippen molar-refractivity contribution in [2.24, 2.45) is 7.05 Å². The first-order chi connectivity index (χ1) is 12.8. The summed E-state index contributed by atoms with van der Waals surface area (Å²) in [5.74, 6) is -0.699. The van der Waals surface area contributed by atoms with E-state index in [9.17, 15) is 22.4 Å². The first kappa shape index (κ1) is 19.1. The van der Waals surface area contributed by atoms with Crippen LogP contribution in [-0.4, -0.2) is 22.2 Å². The molecule has 3 aromatic rings. The van der Waals surface area contributed by atoms with Gasteiger partial charge in [0.2, 0.25) is 0 Å². The zero-order valence-electron chi connectivity index (χ0n) is 14.2. The lowest BCUT2D eigenvalue weighted by Crippen LogP contribution is -2.25. The topological polar surface area (TPSA) is 46.9 Å². The fourth-order valence-electron chi connectivity index (χ4n) is 2.55. The molecule has 9 heteroatoms. The summed E-state index contributed by atoms with van der Waals surface area (Å²) in [6, 6.07) is 10.3. The largest absolute Gasteiger partial charge is 0.433 e. The van der Waals surface area contributed by atoms with Crippen LogP contribution in [0.3, 0.4) is 0 Å². The highest BCUT2D eigenvalue weighted by atomic mass is 32.1. The van der Waals surface area contributed by atoms with Crippen LogP contribution in [0.5, 0.6) is 0 Å². The maximum Gasteiger partial charge on any atom is 0.433 e. The minimum atomic E-state index is -4.50. The van der Waals surface area contributed by atoms with E-state index in [4.69, 9.17) is 0 Å². The van der Waals surface area contributed by atoms with Crippen LogP contribution in [0.2, 0.25) is 0 Å². The van der Waals surface area contributed by atoms with E-state index in [1.54, 1.807) is 24.3 Å². The van der Waals surface area contributed by atoms with Crippen LogP contribution in [0, 0.1) is 5.82 Å². The van der Waals surface area contributed by atoms with Crippen molar-refractivity contribution in [3.63, 3.8) is 0 Å². The van der Waals surface area contributed by atoms with Gasteiger partial charge in [-0.2, -0.15) is 18.3 Å². The Morgan fingerprint density at radius 3 is 2.63 bits per heavy atom. The van der Waals surface area contributed by atoms with Crippen molar-refractivity contribution in [2.75, 3.05) is 6.54 Å². The molecule has 0 saturated heterocycles. The molecule has 0 atom stereocenters. The lowest BCUT2D eigenvalue weighted by atomic mass is 10.1. The summed E-state index contributed by atoms with van der Waals surface area (Å²) in [5.41, 5.74) is -0.208. The molecule has 2 aromatic heterocycles. The number of rotatable bonds is 5. The second-order valence-electron chi connectivity index (χ2n) is 5.80. The molecule has 3 rings (SSSR count). The lowest BCUT2D eigenvalue weighted by molar-refractivity contribution is -0.143. The molecular formula is C18H15F4N3OS. The van der Waals surface area contributed by atoms with Crippen molar-refractivity contribution in [3.05, 3.63) is 64.4 Å². The second-order valence-corrected chi connectivity index (χ2v) is 6.88. The lowest BCUT2D eigenvalue weighted by Gasteiger charge is -2.04. The quantitative estimate of drug-likeness (QED) is 0.654. The van der Waals surface area contributed by atoms with Gasteiger partial charge in [0, 0.05) is 13.6 Å². The van der Waals surface area contributed by atoms with Gasteiger partial charge < -0.3 is 5.32 Å². The Kier molecular flexibility index (Phi) is 5.31. The highest BCUT2D eigenvalue weighted by Crippen LogP contribution is 2.34. The number of halogens is 4. The Labute approximate surface area is 156 Å². The number of hydrogen-bond acceptors (Lipinski definition) is 3. The van der Waals surface area contributed by atoms with Crippen molar-refractivity contribution < 1.29 is 22.4 Å². The van der Waals surface area contributed by atoms with E-state index in [2.05, 4.69) is 10.4 Å². The molecule has 27 heavy (non-hydrogen) atoms. The maximum absolute atomic E-state index is 13.5. The van der Waals surface area contributed by atoms with E-state index in [0.29, 0.717) is 21.7 Å². The summed E-state index contributed by atoms with van der Waals surface area (Å²) < 4.78 is 52.9. The Hall–Kier alpha value is -2.68. The SMILES string of the molecule is Cn1nc(-c2ccc(C(=O)NCCc3ccccc3F)s2)cc1C(F)(F)F.